The number of fused-ring (bicyclic) bond motifs is 1. The van der Waals surface area contributed by atoms with Crippen LogP contribution in [0.3, 0.4) is 0 Å². The largest absolute Gasteiger partial charge is 0.486 e. The highest BCUT2D eigenvalue weighted by Crippen LogP contribution is 2.48. The second-order valence-corrected chi connectivity index (χ2v) is 7.13. The van der Waals surface area contributed by atoms with Gasteiger partial charge in [-0.15, -0.1) is 0 Å². The highest BCUT2D eigenvalue weighted by molar-refractivity contribution is 5.77. The molecule has 0 radical (unpaired) electrons. The van der Waals surface area contributed by atoms with Crippen LogP contribution in [0.4, 0.5) is 30.2 Å². The zero-order valence-corrected chi connectivity index (χ0v) is 15.9. The summed E-state index contributed by atoms with van der Waals surface area (Å²) in [5.41, 5.74) is -3.10. The number of ether oxygens (including phenoxy) is 2. The zero-order chi connectivity index (χ0) is 22.3. The van der Waals surface area contributed by atoms with Crippen molar-refractivity contribution in [2.45, 2.75) is 25.1 Å². The third-order valence-corrected chi connectivity index (χ3v) is 5.28. The first-order valence-electron chi connectivity index (χ1n) is 9.37. The van der Waals surface area contributed by atoms with Crippen molar-refractivity contribution in [3.05, 3.63) is 61.7 Å². The number of nitrogens with zero attached hydrogens (tertiary/aromatic N) is 3. The molecule has 1 atom stereocenters. The molecule has 0 N–H and O–H groups in total. The van der Waals surface area contributed by atoms with Crippen molar-refractivity contribution < 1.29 is 32.5 Å². The van der Waals surface area contributed by atoms with Gasteiger partial charge in [0.15, 0.2) is 17.2 Å². The quantitative estimate of drug-likeness (QED) is 0.505. The van der Waals surface area contributed by atoms with Crippen LogP contribution < -0.4 is 14.4 Å². The normalized spacial score (nSPS) is 18.2. The van der Waals surface area contributed by atoms with Crippen molar-refractivity contribution in [1.82, 2.24) is 0 Å². The van der Waals surface area contributed by atoms with Gasteiger partial charge in [0.2, 0.25) is 0 Å². The molecule has 164 valence electrons. The van der Waals surface area contributed by atoms with Gasteiger partial charge in [0.05, 0.1) is 21.5 Å². The fraction of sp³-hybridized carbons (Fsp3) is 0.368. The molecule has 2 aliphatic heterocycles. The molecule has 2 aromatic carbocycles. The molecule has 2 aliphatic rings. The van der Waals surface area contributed by atoms with Crippen LogP contribution in [0, 0.1) is 20.2 Å². The molecule has 1 unspecified atom stereocenters. The van der Waals surface area contributed by atoms with Crippen molar-refractivity contribution in [3.63, 3.8) is 0 Å². The van der Waals surface area contributed by atoms with Crippen LogP contribution in [0.2, 0.25) is 0 Å². The Balaban J connectivity index is 1.84. The molecule has 1 fully saturated rings. The number of nitro groups is 2. The molecule has 9 nitrogen and oxygen atoms in total. The molecule has 31 heavy (non-hydrogen) atoms. The Kier molecular flexibility index (Phi) is 5.07. The number of hydrogen-bond acceptors (Lipinski definition) is 7. The summed E-state index contributed by atoms with van der Waals surface area (Å²) in [7, 11) is 0. The maximum Gasteiger partial charge on any atom is 0.416 e. The predicted octanol–water partition coefficient (Wildman–Crippen LogP) is 4.63. The minimum absolute atomic E-state index is 0.214. The Morgan fingerprint density at radius 1 is 0.968 bits per heavy atom. The first-order chi connectivity index (χ1) is 14.7. The lowest BCUT2D eigenvalue weighted by Crippen LogP contribution is -2.25. The summed E-state index contributed by atoms with van der Waals surface area (Å²) in [6.45, 7) is 0.957. The standard InChI is InChI=1S/C19H16F3N3O6/c20-19(21,22)12-9-14(24(26)27)18(15(10-12)25(28)29)23-5-1-2-13(23)11-3-4-16-17(8-11)31-7-6-30-16/h3-4,8-10,13H,1-2,5-7H2. The Hall–Kier alpha value is -3.57. The first kappa shape index (κ1) is 20.7. The predicted molar refractivity (Wildman–Crippen MR) is 102 cm³/mol. The summed E-state index contributed by atoms with van der Waals surface area (Å²) in [6, 6.07) is 5.28. The summed E-state index contributed by atoms with van der Waals surface area (Å²) in [6.07, 6.45) is -3.91. The SMILES string of the molecule is O=[N+]([O-])c1cc(C(F)(F)F)cc([N+](=O)[O-])c1N1CCCC1c1ccc2c(c1)OCCO2. The molecule has 0 bridgehead atoms. The van der Waals surface area contributed by atoms with Gasteiger partial charge in [-0.05, 0) is 30.5 Å². The Labute approximate surface area is 173 Å². The summed E-state index contributed by atoms with van der Waals surface area (Å²) in [4.78, 5) is 22.6. The zero-order valence-electron chi connectivity index (χ0n) is 15.9. The lowest BCUT2D eigenvalue weighted by molar-refractivity contribution is -0.393. The van der Waals surface area contributed by atoms with Gasteiger partial charge in [0.1, 0.15) is 13.2 Å². The molecular weight excluding hydrogens is 423 g/mol. The molecular formula is C19H16F3N3O6. The van der Waals surface area contributed by atoms with Gasteiger partial charge >= 0.3 is 6.18 Å². The molecule has 4 rings (SSSR count). The number of nitro benzene ring substituents is 2. The van der Waals surface area contributed by atoms with Gasteiger partial charge in [-0.2, -0.15) is 13.2 Å². The monoisotopic (exact) mass is 439 g/mol. The highest BCUT2D eigenvalue weighted by Gasteiger charge is 2.42. The summed E-state index contributed by atoms with van der Waals surface area (Å²) in [5.74, 6) is 1.01. The first-order valence-corrected chi connectivity index (χ1v) is 9.37. The number of hydrogen-bond donors (Lipinski definition) is 0. The van der Waals surface area contributed by atoms with Gasteiger partial charge in [-0.3, -0.25) is 20.2 Å². The van der Waals surface area contributed by atoms with Crippen LogP contribution >= 0.6 is 0 Å². The van der Waals surface area contributed by atoms with Crippen LogP contribution in [0.5, 0.6) is 11.5 Å². The molecule has 1 saturated heterocycles. The topological polar surface area (TPSA) is 108 Å². The van der Waals surface area contributed by atoms with Gasteiger partial charge in [-0.1, -0.05) is 6.07 Å². The van der Waals surface area contributed by atoms with Crippen LogP contribution in [-0.2, 0) is 6.18 Å². The van der Waals surface area contributed by atoms with E-state index in [2.05, 4.69) is 0 Å². The van der Waals surface area contributed by atoms with Gasteiger partial charge in [0.25, 0.3) is 11.4 Å². The molecule has 0 spiro atoms. The summed E-state index contributed by atoms with van der Waals surface area (Å²) < 4.78 is 50.6. The smallest absolute Gasteiger partial charge is 0.416 e. The van der Waals surface area contributed by atoms with Gasteiger partial charge in [-0.25, -0.2) is 0 Å². The van der Waals surface area contributed by atoms with Crippen molar-refractivity contribution in [1.29, 1.82) is 0 Å². The van der Waals surface area contributed by atoms with Crippen molar-refractivity contribution in [2.75, 3.05) is 24.7 Å². The van der Waals surface area contributed by atoms with Gasteiger partial charge in [0, 0.05) is 18.7 Å². The van der Waals surface area contributed by atoms with E-state index < -0.39 is 44.7 Å². The third-order valence-electron chi connectivity index (χ3n) is 5.28. The van der Waals surface area contributed by atoms with E-state index in [0.29, 0.717) is 55.3 Å². The maximum atomic E-state index is 13.2. The number of alkyl halides is 3. The van der Waals surface area contributed by atoms with E-state index in [1.54, 1.807) is 18.2 Å². The minimum Gasteiger partial charge on any atom is -0.486 e. The molecule has 2 heterocycles. The lowest BCUT2D eigenvalue weighted by Gasteiger charge is -2.28. The lowest BCUT2D eigenvalue weighted by atomic mass is 10.0. The molecule has 0 amide bonds. The highest BCUT2D eigenvalue weighted by atomic mass is 19.4. The Morgan fingerprint density at radius 2 is 1.58 bits per heavy atom. The van der Waals surface area contributed by atoms with E-state index in [-0.39, 0.29) is 6.54 Å². The second kappa shape index (κ2) is 7.60. The summed E-state index contributed by atoms with van der Waals surface area (Å²) in [5, 5.41) is 23.2. The van der Waals surface area contributed by atoms with E-state index in [9.17, 15) is 33.4 Å². The van der Waals surface area contributed by atoms with Crippen LogP contribution in [-0.4, -0.2) is 29.6 Å². The summed E-state index contributed by atoms with van der Waals surface area (Å²) >= 11 is 0. The average molecular weight is 439 g/mol. The van der Waals surface area contributed by atoms with Crippen LogP contribution in [0.1, 0.15) is 30.0 Å². The number of rotatable bonds is 4. The van der Waals surface area contributed by atoms with Crippen molar-refractivity contribution in [3.8, 4) is 11.5 Å². The molecule has 0 saturated carbocycles. The van der Waals surface area contributed by atoms with E-state index in [1.807, 2.05) is 0 Å². The number of benzene rings is 2. The van der Waals surface area contributed by atoms with Crippen LogP contribution in [0.15, 0.2) is 30.3 Å². The fourth-order valence-corrected chi connectivity index (χ4v) is 3.99. The van der Waals surface area contributed by atoms with E-state index in [0.717, 1.165) is 0 Å². The third kappa shape index (κ3) is 3.80. The van der Waals surface area contributed by atoms with Crippen molar-refractivity contribution >= 4 is 17.1 Å². The molecule has 0 aromatic heterocycles. The van der Waals surface area contributed by atoms with Gasteiger partial charge < -0.3 is 14.4 Å². The average Bonchev–Trinajstić information content (AvgIpc) is 3.21. The minimum atomic E-state index is -4.96. The molecule has 2 aromatic rings. The fourth-order valence-electron chi connectivity index (χ4n) is 3.99. The van der Waals surface area contributed by atoms with Crippen LogP contribution in [0.25, 0.3) is 0 Å². The molecule has 12 heteroatoms. The molecule has 0 aliphatic carbocycles. The van der Waals surface area contributed by atoms with E-state index in [1.165, 1.54) is 4.90 Å². The second-order valence-electron chi connectivity index (χ2n) is 7.13. The number of halogens is 3. The Bertz CT molecular complexity index is 1020. The maximum absolute atomic E-state index is 13.2. The Morgan fingerprint density at radius 3 is 2.16 bits per heavy atom. The van der Waals surface area contributed by atoms with E-state index >= 15 is 0 Å². The van der Waals surface area contributed by atoms with E-state index in [4.69, 9.17) is 9.47 Å². The van der Waals surface area contributed by atoms with Crippen molar-refractivity contribution in [2.24, 2.45) is 0 Å². The number of anilines is 1.